The van der Waals surface area contributed by atoms with Crippen molar-refractivity contribution in [1.29, 1.82) is 0 Å². The highest BCUT2D eigenvalue weighted by Crippen LogP contribution is 2.16. The van der Waals surface area contributed by atoms with E-state index in [9.17, 15) is 0 Å². The van der Waals surface area contributed by atoms with Crippen LogP contribution >= 0.6 is 0 Å². The normalized spacial score (nSPS) is 19.9. The van der Waals surface area contributed by atoms with Crippen molar-refractivity contribution in [3.05, 3.63) is 12.3 Å². The van der Waals surface area contributed by atoms with Gasteiger partial charge in [-0.05, 0) is 25.8 Å². The van der Waals surface area contributed by atoms with Gasteiger partial charge in [-0.1, -0.05) is 0 Å². The van der Waals surface area contributed by atoms with E-state index in [4.69, 9.17) is 10.5 Å². The van der Waals surface area contributed by atoms with E-state index in [1.54, 1.807) is 12.3 Å². The van der Waals surface area contributed by atoms with Crippen LogP contribution in [0.15, 0.2) is 12.3 Å². The Bertz CT molecular complexity index is 339. The maximum Gasteiger partial charge on any atom is 0.227 e. The zero-order valence-electron chi connectivity index (χ0n) is 9.59. The predicted octanol–water partition coefficient (Wildman–Crippen LogP) is 1.06. The highest BCUT2D eigenvalue weighted by Gasteiger charge is 2.19. The molecule has 1 atom stereocenters. The van der Waals surface area contributed by atoms with Crippen LogP contribution in [-0.4, -0.2) is 35.8 Å². The first kappa shape index (κ1) is 11.1. The lowest BCUT2D eigenvalue weighted by atomic mass is 10.2. The van der Waals surface area contributed by atoms with E-state index in [-0.39, 0.29) is 0 Å². The van der Waals surface area contributed by atoms with Crippen LogP contribution in [0.2, 0.25) is 0 Å². The molecule has 1 aromatic rings. The first-order chi connectivity index (χ1) is 7.79. The molecular formula is C11H18N4O. The summed E-state index contributed by atoms with van der Waals surface area (Å²) in [4.78, 5) is 10.6. The molecule has 1 aliphatic heterocycles. The van der Waals surface area contributed by atoms with Crippen molar-refractivity contribution in [1.82, 2.24) is 9.97 Å². The van der Waals surface area contributed by atoms with Crippen molar-refractivity contribution in [2.24, 2.45) is 0 Å². The Morgan fingerprint density at radius 2 is 2.50 bits per heavy atom. The molecule has 1 aliphatic rings. The van der Waals surface area contributed by atoms with E-state index in [1.165, 1.54) is 0 Å². The van der Waals surface area contributed by atoms with Gasteiger partial charge in [0.25, 0.3) is 0 Å². The number of nitrogen functional groups attached to an aromatic ring is 1. The number of hydrogen-bond donors (Lipinski definition) is 1. The molecule has 1 fully saturated rings. The van der Waals surface area contributed by atoms with Gasteiger partial charge in [-0.2, -0.15) is 4.98 Å². The lowest BCUT2D eigenvalue weighted by molar-refractivity contribution is 0.115. The molecule has 1 aromatic heterocycles. The highest BCUT2D eigenvalue weighted by atomic mass is 16.5. The minimum absolute atomic E-state index is 0.310. The Labute approximate surface area is 95.6 Å². The van der Waals surface area contributed by atoms with Gasteiger partial charge < -0.3 is 15.4 Å². The summed E-state index contributed by atoms with van der Waals surface area (Å²) in [5.74, 6) is 1.20. The molecule has 0 aromatic carbocycles. The first-order valence-electron chi connectivity index (χ1n) is 5.74. The molecule has 0 bridgehead atoms. The van der Waals surface area contributed by atoms with Gasteiger partial charge in [-0.25, -0.2) is 4.98 Å². The van der Waals surface area contributed by atoms with Gasteiger partial charge in [0.2, 0.25) is 5.95 Å². The molecule has 0 aliphatic carbocycles. The minimum Gasteiger partial charge on any atom is -0.384 e. The molecule has 5 heteroatoms. The summed E-state index contributed by atoms with van der Waals surface area (Å²) in [6.07, 6.45) is 4.28. The molecule has 2 heterocycles. The summed E-state index contributed by atoms with van der Waals surface area (Å²) in [5.41, 5.74) is 5.65. The number of anilines is 2. The van der Waals surface area contributed by atoms with Crippen molar-refractivity contribution >= 4 is 11.8 Å². The van der Waals surface area contributed by atoms with Crippen LogP contribution in [0.25, 0.3) is 0 Å². The standard InChI is InChI=1S/C11H18N4O/c1-2-15(8-9-4-3-7-16-9)11-13-6-5-10(12)14-11/h5-6,9H,2-4,7-8H2,1H3,(H2,12,13,14). The Morgan fingerprint density at radius 3 is 3.12 bits per heavy atom. The molecule has 5 nitrogen and oxygen atoms in total. The fraction of sp³-hybridized carbons (Fsp3) is 0.636. The van der Waals surface area contributed by atoms with E-state index in [2.05, 4.69) is 21.8 Å². The molecule has 0 saturated carbocycles. The minimum atomic E-state index is 0.310. The summed E-state index contributed by atoms with van der Waals surface area (Å²) in [6, 6.07) is 1.70. The third-order valence-corrected chi connectivity index (χ3v) is 2.78. The van der Waals surface area contributed by atoms with Gasteiger partial charge in [-0.15, -0.1) is 0 Å². The molecule has 16 heavy (non-hydrogen) atoms. The van der Waals surface area contributed by atoms with Gasteiger partial charge in [0.1, 0.15) is 5.82 Å². The molecular weight excluding hydrogens is 204 g/mol. The van der Waals surface area contributed by atoms with Crippen molar-refractivity contribution in [2.75, 3.05) is 30.3 Å². The van der Waals surface area contributed by atoms with Crippen LogP contribution in [0.1, 0.15) is 19.8 Å². The molecule has 2 rings (SSSR count). The van der Waals surface area contributed by atoms with Crippen molar-refractivity contribution in [3.63, 3.8) is 0 Å². The number of likely N-dealkylation sites (N-methyl/N-ethyl adjacent to an activating group) is 1. The predicted molar refractivity (Wildman–Crippen MR) is 63.3 cm³/mol. The number of aromatic nitrogens is 2. The lowest BCUT2D eigenvalue weighted by Crippen LogP contribution is -2.33. The van der Waals surface area contributed by atoms with Crippen LogP contribution in [0, 0.1) is 0 Å². The smallest absolute Gasteiger partial charge is 0.227 e. The van der Waals surface area contributed by atoms with Crippen LogP contribution in [0.3, 0.4) is 0 Å². The van der Waals surface area contributed by atoms with Crippen LogP contribution in [0.5, 0.6) is 0 Å². The second kappa shape index (κ2) is 5.12. The number of nitrogens with zero attached hydrogens (tertiary/aromatic N) is 3. The third-order valence-electron chi connectivity index (χ3n) is 2.78. The summed E-state index contributed by atoms with van der Waals surface area (Å²) < 4.78 is 5.61. The second-order valence-electron chi connectivity index (χ2n) is 3.96. The van der Waals surface area contributed by atoms with E-state index in [0.717, 1.165) is 32.5 Å². The van der Waals surface area contributed by atoms with Crippen molar-refractivity contribution in [2.45, 2.75) is 25.9 Å². The summed E-state index contributed by atoms with van der Waals surface area (Å²) in [7, 11) is 0. The average molecular weight is 222 g/mol. The van der Waals surface area contributed by atoms with Crippen LogP contribution in [-0.2, 0) is 4.74 Å². The van der Waals surface area contributed by atoms with Gasteiger partial charge in [0.15, 0.2) is 0 Å². The molecule has 0 radical (unpaired) electrons. The summed E-state index contributed by atoms with van der Waals surface area (Å²) in [5, 5.41) is 0. The van der Waals surface area contributed by atoms with Gasteiger partial charge in [0.05, 0.1) is 6.10 Å². The van der Waals surface area contributed by atoms with Gasteiger partial charge >= 0.3 is 0 Å². The number of ether oxygens (including phenoxy) is 1. The molecule has 1 unspecified atom stereocenters. The zero-order chi connectivity index (χ0) is 11.4. The average Bonchev–Trinajstić information content (AvgIpc) is 2.78. The largest absolute Gasteiger partial charge is 0.384 e. The molecule has 2 N–H and O–H groups in total. The fourth-order valence-corrected chi connectivity index (χ4v) is 1.90. The SMILES string of the molecule is CCN(CC1CCCO1)c1nccc(N)n1. The second-order valence-corrected chi connectivity index (χ2v) is 3.96. The van der Waals surface area contributed by atoms with Crippen molar-refractivity contribution in [3.8, 4) is 0 Å². The highest BCUT2D eigenvalue weighted by molar-refractivity contribution is 5.37. The maximum atomic E-state index is 5.65. The van der Waals surface area contributed by atoms with E-state index < -0.39 is 0 Å². The summed E-state index contributed by atoms with van der Waals surface area (Å²) >= 11 is 0. The molecule has 88 valence electrons. The number of nitrogens with two attached hydrogens (primary N) is 1. The van der Waals surface area contributed by atoms with Crippen LogP contribution < -0.4 is 10.6 Å². The van der Waals surface area contributed by atoms with Crippen molar-refractivity contribution < 1.29 is 4.74 Å². The zero-order valence-corrected chi connectivity index (χ0v) is 9.59. The van der Waals surface area contributed by atoms with E-state index in [0.29, 0.717) is 17.9 Å². The Balaban J connectivity index is 2.03. The van der Waals surface area contributed by atoms with Crippen LogP contribution in [0.4, 0.5) is 11.8 Å². The first-order valence-corrected chi connectivity index (χ1v) is 5.74. The van der Waals surface area contributed by atoms with Gasteiger partial charge in [-0.3, -0.25) is 0 Å². The Kier molecular flexibility index (Phi) is 3.56. The molecule has 0 amide bonds. The maximum absolute atomic E-state index is 5.65. The number of rotatable bonds is 4. The van der Waals surface area contributed by atoms with Gasteiger partial charge in [0, 0.05) is 25.9 Å². The van der Waals surface area contributed by atoms with E-state index >= 15 is 0 Å². The topological polar surface area (TPSA) is 64.3 Å². The monoisotopic (exact) mass is 222 g/mol. The Morgan fingerprint density at radius 1 is 1.62 bits per heavy atom. The number of hydrogen-bond acceptors (Lipinski definition) is 5. The quantitative estimate of drug-likeness (QED) is 0.825. The fourth-order valence-electron chi connectivity index (χ4n) is 1.90. The van der Waals surface area contributed by atoms with E-state index in [1.807, 2.05) is 0 Å². The lowest BCUT2D eigenvalue weighted by Gasteiger charge is -2.23. The Hall–Kier alpha value is -1.36. The molecule has 0 spiro atoms. The summed E-state index contributed by atoms with van der Waals surface area (Å²) in [6.45, 7) is 4.67. The molecule has 1 saturated heterocycles. The third kappa shape index (κ3) is 2.61.